The van der Waals surface area contributed by atoms with E-state index < -0.39 is 42.0 Å². The first-order valence-corrected chi connectivity index (χ1v) is 8.25. The van der Waals surface area contributed by atoms with Crippen LogP contribution < -0.4 is 0 Å². The molecular formula is C8Br2Cl4F12. The van der Waals surface area contributed by atoms with Gasteiger partial charge < -0.3 is 0 Å². The first-order valence-electron chi connectivity index (χ1n) is 5.15. The molecule has 0 radical (unpaired) electrons. The van der Waals surface area contributed by atoms with Crippen molar-refractivity contribution in [2.24, 2.45) is 0 Å². The molecule has 26 heavy (non-hydrogen) atoms. The Morgan fingerprint density at radius 3 is 0.885 bits per heavy atom. The Kier molecular flexibility index (Phi) is 7.26. The van der Waals surface area contributed by atoms with Crippen molar-refractivity contribution in [3.63, 3.8) is 0 Å². The normalized spacial score (nSPS) is 24.2. The van der Waals surface area contributed by atoms with Crippen molar-refractivity contribution in [3.05, 3.63) is 0 Å². The molecule has 0 bridgehead atoms. The fraction of sp³-hybridized carbons (Fsp3) is 1.00. The van der Waals surface area contributed by atoms with E-state index in [0.717, 1.165) is 31.9 Å². The highest BCUT2D eigenvalue weighted by molar-refractivity contribution is 9.10. The monoisotopic (exact) mass is 622 g/mol. The summed E-state index contributed by atoms with van der Waals surface area (Å²) in [4.78, 5) is -5.72. The Hall–Kier alpha value is 1.28. The van der Waals surface area contributed by atoms with Gasteiger partial charge in [0.15, 0.2) is 0 Å². The van der Waals surface area contributed by atoms with Crippen molar-refractivity contribution in [2.75, 3.05) is 0 Å². The summed E-state index contributed by atoms with van der Waals surface area (Å²) in [6, 6.07) is 0. The summed E-state index contributed by atoms with van der Waals surface area (Å²) in [5.41, 5.74) is 0. The minimum atomic E-state index is -7.19. The van der Waals surface area contributed by atoms with Crippen LogP contribution in [0.4, 0.5) is 52.7 Å². The third kappa shape index (κ3) is 3.61. The van der Waals surface area contributed by atoms with Gasteiger partial charge in [0.25, 0.3) is 0 Å². The first-order chi connectivity index (χ1) is 10.8. The predicted molar refractivity (Wildman–Crippen MR) is 76.4 cm³/mol. The highest BCUT2D eigenvalue weighted by atomic mass is 79.9. The van der Waals surface area contributed by atoms with Crippen LogP contribution >= 0.6 is 78.3 Å². The number of halogens is 18. The summed E-state index contributed by atoms with van der Waals surface area (Å²) >= 11 is 18.2. The summed E-state index contributed by atoms with van der Waals surface area (Å²) in [6.07, 6.45) is 0. The highest BCUT2D eigenvalue weighted by Gasteiger charge is 2.91. The van der Waals surface area contributed by atoms with Crippen LogP contribution in [0, 0.1) is 0 Å². The lowest BCUT2D eigenvalue weighted by atomic mass is 9.95. The Morgan fingerprint density at radius 1 is 0.423 bits per heavy atom. The zero-order valence-corrected chi connectivity index (χ0v) is 17.0. The molecule has 0 aromatic carbocycles. The highest BCUT2D eigenvalue weighted by Crippen LogP contribution is 2.66. The molecule has 0 aliphatic heterocycles. The van der Waals surface area contributed by atoms with Crippen molar-refractivity contribution in [1.29, 1.82) is 0 Å². The van der Waals surface area contributed by atoms with Gasteiger partial charge in [-0.25, -0.2) is 17.6 Å². The number of hydrogen-bond donors (Lipinski definition) is 0. The lowest BCUT2D eigenvalue weighted by Gasteiger charge is -2.45. The second-order valence-corrected chi connectivity index (χ2v) is 9.07. The average molecular weight is 626 g/mol. The van der Waals surface area contributed by atoms with Gasteiger partial charge in [-0.1, -0.05) is 46.4 Å². The van der Waals surface area contributed by atoms with Gasteiger partial charge in [-0.2, -0.15) is 35.1 Å². The maximum atomic E-state index is 13.8. The second-order valence-electron chi connectivity index (χ2n) is 4.44. The van der Waals surface area contributed by atoms with Gasteiger partial charge in [0, 0.05) is 0 Å². The number of hydrogen-bond acceptors (Lipinski definition) is 0. The van der Waals surface area contributed by atoms with Crippen LogP contribution in [0.15, 0.2) is 0 Å². The first kappa shape index (κ1) is 27.3. The molecule has 0 aromatic heterocycles. The van der Waals surface area contributed by atoms with Crippen LogP contribution in [0.1, 0.15) is 0 Å². The number of rotatable bonds is 7. The summed E-state index contributed by atoms with van der Waals surface area (Å²) in [5, 5.41) is -19.5. The average Bonchev–Trinajstić information content (AvgIpc) is 2.34. The van der Waals surface area contributed by atoms with Crippen LogP contribution in [0.3, 0.4) is 0 Å². The zero-order valence-electron chi connectivity index (χ0n) is 10.8. The van der Waals surface area contributed by atoms with Gasteiger partial charge in [0.05, 0.1) is 0 Å². The molecule has 0 fully saturated rings. The van der Waals surface area contributed by atoms with Crippen LogP contribution in [-0.2, 0) is 0 Å². The molecule has 0 rings (SSSR count). The van der Waals surface area contributed by atoms with E-state index in [2.05, 4.69) is 46.4 Å². The molecule has 4 unspecified atom stereocenters. The van der Waals surface area contributed by atoms with E-state index in [9.17, 15) is 52.7 Å². The summed E-state index contributed by atoms with van der Waals surface area (Å²) in [7, 11) is 0. The molecule has 0 heterocycles. The summed E-state index contributed by atoms with van der Waals surface area (Å²) in [6.45, 7) is 0. The minimum Gasteiger partial charge on any atom is -0.212 e. The molecule has 0 aromatic rings. The molecular weight excluding hydrogens is 626 g/mol. The van der Waals surface area contributed by atoms with E-state index in [1.54, 1.807) is 0 Å². The third-order valence-corrected chi connectivity index (χ3v) is 5.62. The molecule has 4 atom stereocenters. The molecule has 0 aliphatic carbocycles. The van der Waals surface area contributed by atoms with Crippen molar-refractivity contribution in [3.8, 4) is 0 Å². The largest absolute Gasteiger partial charge is 0.358 e. The third-order valence-electron chi connectivity index (χ3n) is 2.68. The van der Waals surface area contributed by atoms with Crippen LogP contribution in [-0.4, -0.2) is 42.0 Å². The fourth-order valence-electron chi connectivity index (χ4n) is 1.14. The minimum absolute atomic E-state index is 0.863. The standard InChI is InChI=1S/C8Br2Cl4F12/c9-7(14,24)6(22,23)2(12,16)4(18,19)1(11,15)5(20,21)3(13,17)8(10,25)26. The maximum absolute atomic E-state index is 13.8. The van der Waals surface area contributed by atoms with Gasteiger partial charge in [0.1, 0.15) is 0 Å². The molecule has 0 spiro atoms. The fourth-order valence-corrected chi connectivity index (χ4v) is 2.71. The van der Waals surface area contributed by atoms with Gasteiger partial charge in [-0.05, 0) is 31.9 Å². The number of alkyl halides is 18. The summed E-state index contributed by atoms with van der Waals surface area (Å²) < 4.78 is 156. The SMILES string of the molecule is FC(F)(Br)C(F)(Cl)C(F)(F)C(F)(Cl)C(F)(F)C(F)(Cl)C(F)(F)C(F)(Cl)Br. The molecule has 0 saturated heterocycles. The van der Waals surface area contributed by atoms with E-state index in [0.29, 0.717) is 0 Å². The van der Waals surface area contributed by atoms with Gasteiger partial charge >= 0.3 is 42.0 Å². The Balaban J connectivity index is 6.61. The quantitative estimate of drug-likeness (QED) is 0.200. The molecule has 158 valence electrons. The molecule has 0 saturated carbocycles. The summed E-state index contributed by atoms with van der Waals surface area (Å²) in [5.74, 6) is -20.7. The van der Waals surface area contributed by atoms with Gasteiger partial charge in [0.2, 0.25) is 0 Å². The predicted octanol–water partition coefficient (Wildman–Crippen LogP) is 7.85. The molecule has 0 aliphatic rings. The van der Waals surface area contributed by atoms with Crippen molar-refractivity contribution in [1.82, 2.24) is 0 Å². The van der Waals surface area contributed by atoms with Gasteiger partial charge in [-0.3, -0.25) is 0 Å². The lowest BCUT2D eigenvalue weighted by molar-refractivity contribution is -0.310. The lowest BCUT2D eigenvalue weighted by Crippen LogP contribution is -2.72. The van der Waals surface area contributed by atoms with E-state index in [-0.39, 0.29) is 0 Å². The van der Waals surface area contributed by atoms with Crippen LogP contribution in [0.5, 0.6) is 0 Å². The van der Waals surface area contributed by atoms with E-state index in [1.807, 2.05) is 0 Å². The van der Waals surface area contributed by atoms with Crippen molar-refractivity contribution in [2.45, 2.75) is 42.0 Å². The Bertz CT molecular complexity index is 490. The maximum Gasteiger partial charge on any atom is 0.358 e. The Morgan fingerprint density at radius 2 is 0.654 bits per heavy atom. The van der Waals surface area contributed by atoms with Crippen LogP contribution in [0.25, 0.3) is 0 Å². The molecule has 0 nitrogen and oxygen atoms in total. The molecule has 18 heteroatoms. The van der Waals surface area contributed by atoms with Crippen molar-refractivity contribution < 1.29 is 52.7 Å². The Labute approximate surface area is 172 Å². The topological polar surface area (TPSA) is 0 Å². The van der Waals surface area contributed by atoms with E-state index >= 15 is 0 Å². The van der Waals surface area contributed by atoms with E-state index in [4.69, 9.17) is 0 Å². The smallest absolute Gasteiger partial charge is 0.212 e. The molecule has 0 amide bonds. The van der Waals surface area contributed by atoms with Crippen molar-refractivity contribution >= 4 is 78.3 Å². The second kappa shape index (κ2) is 6.92. The zero-order chi connectivity index (χ0) is 22.0. The molecule has 0 N–H and O–H groups in total. The van der Waals surface area contributed by atoms with E-state index in [1.165, 1.54) is 0 Å². The van der Waals surface area contributed by atoms with Gasteiger partial charge in [-0.15, -0.1) is 0 Å². The van der Waals surface area contributed by atoms with Crippen LogP contribution in [0.2, 0.25) is 0 Å².